The van der Waals surface area contributed by atoms with Gasteiger partial charge in [0.25, 0.3) is 0 Å². The second kappa shape index (κ2) is 5.53. The van der Waals surface area contributed by atoms with E-state index in [0.29, 0.717) is 0 Å². The van der Waals surface area contributed by atoms with Crippen LogP contribution in [0.1, 0.15) is 32.1 Å². The summed E-state index contributed by atoms with van der Waals surface area (Å²) in [6, 6.07) is 0.0313. The second-order valence-corrected chi connectivity index (χ2v) is 5.40. The summed E-state index contributed by atoms with van der Waals surface area (Å²) in [7, 11) is 7.72. The molecule has 0 unspecified atom stereocenters. The Balaban J connectivity index is 2.66. The number of nitrogens with one attached hydrogen (secondary N) is 1. The molecule has 0 aromatic heterocycles. The van der Waals surface area contributed by atoms with E-state index in [1.54, 1.807) is 19.0 Å². The van der Waals surface area contributed by atoms with Crippen molar-refractivity contribution in [1.29, 1.82) is 0 Å². The van der Waals surface area contributed by atoms with Crippen LogP contribution in [0.4, 0.5) is 4.79 Å². The highest BCUT2D eigenvalue weighted by molar-refractivity contribution is 5.74. The molecule has 1 aliphatic rings. The van der Waals surface area contributed by atoms with Crippen molar-refractivity contribution in [3.63, 3.8) is 0 Å². The zero-order chi connectivity index (χ0) is 12.2. The van der Waals surface area contributed by atoms with E-state index in [4.69, 9.17) is 0 Å². The standard InChI is InChI=1S/C12H25N3O/c1-14(2)10-12(8-6-5-7-9-12)13-11(16)15(3)4/h5-10H2,1-4H3,(H,13,16). The van der Waals surface area contributed by atoms with Crippen molar-refractivity contribution in [2.24, 2.45) is 0 Å². The van der Waals surface area contributed by atoms with E-state index in [9.17, 15) is 4.79 Å². The van der Waals surface area contributed by atoms with Gasteiger partial charge in [0, 0.05) is 20.6 Å². The van der Waals surface area contributed by atoms with E-state index >= 15 is 0 Å². The summed E-state index contributed by atoms with van der Waals surface area (Å²) in [6.07, 6.45) is 5.95. The van der Waals surface area contributed by atoms with Gasteiger partial charge < -0.3 is 15.1 Å². The fourth-order valence-electron chi connectivity index (χ4n) is 2.50. The van der Waals surface area contributed by atoms with E-state index in [2.05, 4.69) is 24.3 Å². The molecule has 0 spiro atoms. The third kappa shape index (κ3) is 3.67. The van der Waals surface area contributed by atoms with Gasteiger partial charge >= 0.3 is 6.03 Å². The summed E-state index contributed by atoms with van der Waals surface area (Å²) >= 11 is 0. The molecule has 0 radical (unpaired) electrons. The smallest absolute Gasteiger partial charge is 0.317 e. The van der Waals surface area contributed by atoms with Crippen molar-refractivity contribution in [2.45, 2.75) is 37.6 Å². The van der Waals surface area contributed by atoms with Crippen molar-refractivity contribution in [1.82, 2.24) is 15.1 Å². The van der Waals surface area contributed by atoms with Crippen molar-refractivity contribution < 1.29 is 4.79 Å². The van der Waals surface area contributed by atoms with E-state index in [-0.39, 0.29) is 11.6 Å². The third-order valence-corrected chi connectivity index (χ3v) is 3.21. The molecular formula is C12H25N3O. The van der Waals surface area contributed by atoms with Gasteiger partial charge in [0.05, 0.1) is 5.54 Å². The summed E-state index contributed by atoms with van der Waals surface area (Å²) < 4.78 is 0. The summed E-state index contributed by atoms with van der Waals surface area (Å²) in [5.74, 6) is 0. The van der Waals surface area contributed by atoms with Crippen molar-refractivity contribution in [2.75, 3.05) is 34.7 Å². The Bertz CT molecular complexity index is 232. The molecule has 0 saturated heterocycles. The minimum atomic E-state index is -0.0108. The number of carbonyl (C=O) groups is 1. The van der Waals surface area contributed by atoms with Crippen LogP contribution in [0.3, 0.4) is 0 Å². The molecule has 0 atom stereocenters. The van der Waals surface area contributed by atoms with Crippen molar-refractivity contribution in [3.05, 3.63) is 0 Å². The van der Waals surface area contributed by atoms with Gasteiger partial charge in [0.2, 0.25) is 0 Å². The SMILES string of the molecule is CN(C)CC1(NC(=O)N(C)C)CCCCC1. The molecule has 4 heteroatoms. The molecule has 1 aliphatic carbocycles. The number of hydrogen-bond acceptors (Lipinski definition) is 2. The number of nitrogens with zero attached hydrogens (tertiary/aromatic N) is 2. The Hall–Kier alpha value is -0.770. The largest absolute Gasteiger partial charge is 0.331 e. The number of carbonyl (C=O) groups excluding carboxylic acids is 1. The molecule has 1 saturated carbocycles. The highest BCUT2D eigenvalue weighted by Gasteiger charge is 2.34. The summed E-state index contributed by atoms with van der Waals surface area (Å²) in [6.45, 7) is 0.937. The highest BCUT2D eigenvalue weighted by Crippen LogP contribution is 2.28. The molecule has 1 rings (SSSR count). The van der Waals surface area contributed by atoms with Crippen LogP contribution in [0.25, 0.3) is 0 Å². The number of rotatable bonds is 3. The minimum Gasteiger partial charge on any atom is -0.331 e. The zero-order valence-corrected chi connectivity index (χ0v) is 11.0. The highest BCUT2D eigenvalue weighted by atomic mass is 16.2. The van der Waals surface area contributed by atoms with E-state index in [1.807, 2.05) is 0 Å². The van der Waals surface area contributed by atoms with Gasteiger partial charge in [-0.25, -0.2) is 4.79 Å². The molecule has 0 aromatic carbocycles. The van der Waals surface area contributed by atoms with Crippen LogP contribution in [-0.4, -0.2) is 56.1 Å². The van der Waals surface area contributed by atoms with Crippen LogP contribution in [0.15, 0.2) is 0 Å². The first-order valence-corrected chi connectivity index (χ1v) is 6.09. The summed E-state index contributed by atoms with van der Waals surface area (Å²) in [5.41, 5.74) is -0.0108. The predicted molar refractivity (Wildman–Crippen MR) is 66.6 cm³/mol. The van der Waals surface area contributed by atoms with E-state index in [1.165, 1.54) is 19.3 Å². The molecule has 2 amide bonds. The number of likely N-dealkylation sites (N-methyl/N-ethyl adjacent to an activating group) is 1. The molecule has 0 aliphatic heterocycles. The lowest BCUT2D eigenvalue weighted by molar-refractivity contribution is 0.158. The number of urea groups is 1. The van der Waals surface area contributed by atoms with Gasteiger partial charge in [-0.05, 0) is 26.9 Å². The van der Waals surface area contributed by atoms with Gasteiger partial charge in [0.1, 0.15) is 0 Å². The van der Waals surface area contributed by atoms with E-state index in [0.717, 1.165) is 19.4 Å². The number of amides is 2. The van der Waals surface area contributed by atoms with Gasteiger partial charge in [-0.1, -0.05) is 19.3 Å². The lowest BCUT2D eigenvalue weighted by Crippen LogP contribution is -2.57. The molecular weight excluding hydrogens is 202 g/mol. The van der Waals surface area contributed by atoms with Crippen LogP contribution in [0.5, 0.6) is 0 Å². The fourth-order valence-corrected chi connectivity index (χ4v) is 2.50. The van der Waals surface area contributed by atoms with Crippen molar-refractivity contribution >= 4 is 6.03 Å². The van der Waals surface area contributed by atoms with Crippen LogP contribution in [-0.2, 0) is 0 Å². The Morgan fingerprint density at radius 3 is 2.12 bits per heavy atom. The number of hydrogen-bond donors (Lipinski definition) is 1. The maximum absolute atomic E-state index is 11.8. The molecule has 4 nitrogen and oxygen atoms in total. The summed E-state index contributed by atoms with van der Waals surface area (Å²) in [5, 5.41) is 3.21. The molecule has 0 heterocycles. The van der Waals surface area contributed by atoms with Gasteiger partial charge in [0.15, 0.2) is 0 Å². The monoisotopic (exact) mass is 227 g/mol. The quantitative estimate of drug-likeness (QED) is 0.793. The Morgan fingerprint density at radius 2 is 1.69 bits per heavy atom. The fraction of sp³-hybridized carbons (Fsp3) is 0.917. The molecule has 16 heavy (non-hydrogen) atoms. The topological polar surface area (TPSA) is 35.6 Å². The molecule has 1 fully saturated rings. The lowest BCUT2D eigenvalue weighted by atomic mass is 9.81. The van der Waals surface area contributed by atoms with Gasteiger partial charge in [-0.2, -0.15) is 0 Å². The molecule has 1 N–H and O–H groups in total. The van der Waals surface area contributed by atoms with Crippen LogP contribution in [0.2, 0.25) is 0 Å². The third-order valence-electron chi connectivity index (χ3n) is 3.21. The average Bonchev–Trinajstić information content (AvgIpc) is 2.17. The van der Waals surface area contributed by atoms with Crippen LogP contribution in [0, 0.1) is 0 Å². The predicted octanol–water partition coefficient (Wildman–Crippen LogP) is 1.52. The maximum Gasteiger partial charge on any atom is 0.317 e. The summed E-state index contributed by atoms with van der Waals surface area (Å²) in [4.78, 5) is 15.6. The first-order chi connectivity index (χ1) is 7.45. The Kier molecular flexibility index (Phi) is 4.59. The second-order valence-electron chi connectivity index (χ2n) is 5.40. The molecule has 0 bridgehead atoms. The van der Waals surface area contributed by atoms with Crippen LogP contribution >= 0.6 is 0 Å². The van der Waals surface area contributed by atoms with Gasteiger partial charge in [-0.15, -0.1) is 0 Å². The maximum atomic E-state index is 11.8. The normalized spacial score (nSPS) is 19.6. The molecule has 94 valence electrons. The Morgan fingerprint density at radius 1 is 1.12 bits per heavy atom. The van der Waals surface area contributed by atoms with Crippen LogP contribution < -0.4 is 5.32 Å². The first kappa shape index (κ1) is 13.3. The van der Waals surface area contributed by atoms with Crippen molar-refractivity contribution in [3.8, 4) is 0 Å². The Labute approximate surface area is 99.0 Å². The van der Waals surface area contributed by atoms with E-state index < -0.39 is 0 Å². The van der Waals surface area contributed by atoms with Gasteiger partial charge in [-0.3, -0.25) is 0 Å². The first-order valence-electron chi connectivity index (χ1n) is 6.09. The minimum absolute atomic E-state index is 0.0108. The average molecular weight is 227 g/mol. The molecule has 0 aromatic rings. The zero-order valence-electron chi connectivity index (χ0n) is 11.0. The lowest BCUT2D eigenvalue weighted by Gasteiger charge is -2.40.